The number of aryl methyl sites for hydroxylation is 1. The molecule has 4 rings (SSSR count). The maximum absolute atomic E-state index is 12.7. The molecule has 0 spiro atoms. The molecule has 30 heavy (non-hydrogen) atoms. The normalized spacial score (nSPS) is 14.5. The Kier molecular flexibility index (Phi) is 5.48. The van der Waals surface area contributed by atoms with Crippen molar-refractivity contribution in [3.05, 3.63) is 71.9 Å². The van der Waals surface area contributed by atoms with Crippen LogP contribution >= 0.6 is 0 Å². The molecule has 2 heterocycles. The molecule has 1 aliphatic rings. The molecule has 0 saturated heterocycles. The Hall–Kier alpha value is -4.05. The third kappa shape index (κ3) is 3.63. The zero-order valence-electron chi connectivity index (χ0n) is 16.6. The summed E-state index contributed by atoms with van der Waals surface area (Å²) in [5.41, 5.74) is 4.45. The fraction of sp³-hybridized carbons (Fsp3) is 0.174. The molecule has 0 aliphatic carbocycles. The van der Waals surface area contributed by atoms with Gasteiger partial charge >= 0.3 is 0 Å². The number of hydrogen-bond acceptors (Lipinski definition) is 5. The lowest BCUT2D eigenvalue weighted by Gasteiger charge is -2.12. The van der Waals surface area contributed by atoms with E-state index in [0.717, 1.165) is 28.1 Å². The number of benzene rings is 2. The van der Waals surface area contributed by atoms with Crippen molar-refractivity contribution in [3.8, 4) is 17.3 Å². The van der Waals surface area contributed by atoms with E-state index in [9.17, 15) is 4.79 Å². The summed E-state index contributed by atoms with van der Waals surface area (Å²) >= 11 is 0. The van der Waals surface area contributed by atoms with Gasteiger partial charge in [-0.1, -0.05) is 48.5 Å². The summed E-state index contributed by atoms with van der Waals surface area (Å²) in [5, 5.41) is 21.9. The lowest BCUT2D eigenvalue weighted by atomic mass is 10.1. The Labute approximate surface area is 174 Å². The molecule has 7 heteroatoms. The monoisotopic (exact) mass is 396 g/mol. The first-order valence-electron chi connectivity index (χ1n) is 9.75. The number of nitrogens with zero attached hydrogens (tertiary/aromatic N) is 6. The number of anilines is 1. The second kappa shape index (κ2) is 8.53. The molecule has 0 bridgehead atoms. The van der Waals surface area contributed by atoms with E-state index < -0.39 is 0 Å². The van der Waals surface area contributed by atoms with Crippen LogP contribution in [0.1, 0.15) is 24.5 Å². The van der Waals surface area contributed by atoms with Crippen molar-refractivity contribution in [1.82, 2.24) is 9.78 Å². The molecular weight excluding hydrogens is 376 g/mol. The second-order valence-electron chi connectivity index (χ2n) is 6.73. The molecule has 0 saturated carbocycles. The highest BCUT2D eigenvalue weighted by Crippen LogP contribution is 2.29. The number of nitriles is 1. The molecule has 7 nitrogen and oxygen atoms in total. The van der Waals surface area contributed by atoms with Gasteiger partial charge in [0.05, 0.1) is 30.9 Å². The van der Waals surface area contributed by atoms with E-state index in [-0.39, 0.29) is 5.91 Å². The third-order valence-corrected chi connectivity index (χ3v) is 4.86. The van der Waals surface area contributed by atoms with Crippen molar-refractivity contribution < 1.29 is 4.79 Å². The zero-order chi connectivity index (χ0) is 20.9. The summed E-state index contributed by atoms with van der Waals surface area (Å²) in [6, 6.07) is 19.5. The summed E-state index contributed by atoms with van der Waals surface area (Å²) in [6.45, 7) is 3.00. The van der Waals surface area contributed by atoms with Gasteiger partial charge in [0.15, 0.2) is 5.71 Å². The van der Waals surface area contributed by atoms with Crippen LogP contribution in [0.3, 0.4) is 0 Å². The standard InChI is InChI=1S/C23H20N6O/c1-2-29-20-12-7-6-11-19(20)22(23(29)30)26-25-15-18-16-28(14-8-13-24)27-21(18)17-9-4-3-5-10-17/h3-7,9-12,15-16H,2,8,14H2,1H3/b25-15-,26-22+. The number of carbonyl (C=O) groups excluding carboxylic acids is 1. The largest absolute Gasteiger partial charge is 0.307 e. The maximum atomic E-state index is 12.7. The molecule has 0 fully saturated rings. The van der Waals surface area contributed by atoms with Crippen LogP contribution in [0.15, 0.2) is 71.0 Å². The lowest BCUT2D eigenvalue weighted by Crippen LogP contribution is -2.29. The summed E-state index contributed by atoms with van der Waals surface area (Å²) in [4.78, 5) is 14.4. The minimum Gasteiger partial charge on any atom is -0.307 e. The van der Waals surface area contributed by atoms with Crippen molar-refractivity contribution >= 4 is 23.5 Å². The molecule has 3 aromatic rings. The maximum Gasteiger partial charge on any atom is 0.279 e. The van der Waals surface area contributed by atoms with E-state index in [0.29, 0.717) is 25.2 Å². The van der Waals surface area contributed by atoms with Crippen molar-refractivity contribution in [2.24, 2.45) is 10.2 Å². The van der Waals surface area contributed by atoms with Crippen LogP contribution in [-0.2, 0) is 11.3 Å². The number of rotatable bonds is 6. The average Bonchev–Trinajstić information content (AvgIpc) is 3.31. The fourth-order valence-corrected chi connectivity index (χ4v) is 3.45. The van der Waals surface area contributed by atoms with Crippen LogP contribution in [0, 0.1) is 11.3 Å². The van der Waals surface area contributed by atoms with Gasteiger partial charge in [-0.15, -0.1) is 5.10 Å². The zero-order valence-corrected chi connectivity index (χ0v) is 16.6. The summed E-state index contributed by atoms with van der Waals surface area (Å²) in [7, 11) is 0. The first-order valence-corrected chi connectivity index (χ1v) is 9.75. The van der Waals surface area contributed by atoms with Gasteiger partial charge in [-0.25, -0.2) is 0 Å². The van der Waals surface area contributed by atoms with Crippen LogP contribution in [-0.4, -0.2) is 34.2 Å². The molecule has 1 aliphatic heterocycles. The molecule has 0 atom stereocenters. The summed E-state index contributed by atoms with van der Waals surface area (Å²) < 4.78 is 1.73. The topological polar surface area (TPSA) is 86.6 Å². The van der Waals surface area contributed by atoms with Gasteiger partial charge in [-0.2, -0.15) is 15.5 Å². The fourth-order valence-electron chi connectivity index (χ4n) is 3.45. The average molecular weight is 396 g/mol. The predicted octanol–water partition coefficient (Wildman–Crippen LogP) is 3.65. The van der Waals surface area contributed by atoms with Gasteiger partial charge < -0.3 is 4.90 Å². The summed E-state index contributed by atoms with van der Waals surface area (Å²) in [6.07, 6.45) is 3.81. The quantitative estimate of drug-likeness (QED) is 0.471. The highest BCUT2D eigenvalue weighted by Gasteiger charge is 2.32. The van der Waals surface area contributed by atoms with Crippen LogP contribution in [0.2, 0.25) is 0 Å². The van der Waals surface area contributed by atoms with Gasteiger partial charge in [0, 0.05) is 29.4 Å². The van der Waals surface area contributed by atoms with Gasteiger partial charge in [0.25, 0.3) is 5.91 Å². The van der Waals surface area contributed by atoms with Crippen LogP contribution in [0.4, 0.5) is 5.69 Å². The first kappa shape index (κ1) is 19.3. The Morgan fingerprint density at radius 3 is 2.67 bits per heavy atom. The van der Waals surface area contributed by atoms with Crippen LogP contribution in [0.25, 0.3) is 11.3 Å². The Balaban J connectivity index is 1.68. The molecular formula is C23H20N6O. The number of aromatic nitrogens is 2. The molecule has 1 aromatic heterocycles. The first-order chi connectivity index (χ1) is 14.7. The number of carbonyl (C=O) groups is 1. The van der Waals surface area contributed by atoms with Crippen molar-refractivity contribution in [2.45, 2.75) is 19.9 Å². The van der Waals surface area contributed by atoms with E-state index in [2.05, 4.69) is 21.4 Å². The number of amides is 1. The SMILES string of the molecule is CCN1C(=O)/C(=N/N=C\c2cn(CCC#N)nc2-c2ccccc2)c2ccccc21. The van der Waals surface area contributed by atoms with Gasteiger partial charge in [-0.3, -0.25) is 9.48 Å². The van der Waals surface area contributed by atoms with Gasteiger partial charge in [-0.05, 0) is 13.0 Å². The smallest absolute Gasteiger partial charge is 0.279 e. The highest BCUT2D eigenvalue weighted by atomic mass is 16.2. The number of likely N-dealkylation sites (N-methyl/N-ethyl adjacent to an activating group) is 1. The van der Waals surface area contributed by atoms with Crippen LogP contribution in [0.5, 0.6) is 0 Å². The number of para-hydroxylation sites is 1. The van der Waals surface area contributed by atoms with Crippen molar-refractivity contribution in [3.63, 3.8) is 0 Å². The molecule has 0 unspecified atom stereocenters. The van der Waals surface area contributed by atoms with E-state index in [4.69, 9.17) is 5.26 Å². The Morgan fingerprint density at radius 2 is 1.90 bits per heavy atom. The molecule has 1 amide bonds. The number of hydrogen-bond donors (Lipinski definition) is 0. The molecule has 0 N–H and O–H groups in total. The molecule has 2 aromatic carbocycles. The van der Waals surface area contributed by atoms with E-state index in [1.807, 2.05) is 67.7 Å². The molecule has 148 valence electrons. The van der Waals surface area contributed by atoms with Gasteiger partial charge in [0.2, 0.25) is 0 Å². The Bertz CT molecular complexity index is 1170. The van der Waals surface area contributed by atoms with Crippen molar-refractivity contribution in [1.29, 1.82) is 5.26 Å². The highest BCUT2D eigenvalue weighted by molar-refractivity contribution is 6.54. The Morgan fingerprint density at radius 1 is 1.13 bits per heavy atom. The second-order valence-corrected chi connectivity index (χ2v) is 6.73. The van der Waals surface area contributed by atoms with E-state index in [1.165, 1.54) is 0 Å². The van der Waals surface area contributed by atoms with Crippen LogP contribution < -0.4 is 4.90 Å². The van der Waals surface area contributed by atoms with E-state index in [1.54, 1.807) is 15.8 Å². The van der Waals surface area contributed by atoms with E-state index >= 15 is 0 Å². The summed E-state index contributed by atoms with van der Waals surface area (Å²) in [5.74, 6) is -0.149. The van der Waals surface area contributed by atoms with Crippen molar-refractivity contribution in [2.75, 3.05) is 11.4 Å². The minimum absolute atomic E-state index is 0.149. The minimum atomic E-state index is -0.149. The molecule has 0 radical (unpaired) electrons. The predicted molar refractivity (Wildman–Crippen MR) is 116 cm³/mol. The third-order valence-electron chi connectivity index (χ3n) is 4.86. The number of fused-ring (bicyclic) bond motifs is 1. The lowest BCUT2D eigenvalue weighted by molar-refractivity contribution is -0.112. The van der Waals surface area contributed by atoms with Gasteiger partial charge in [0.1, 0.15) is 5.69 Å².